The van der Waals surface area contributed by atoms with Gasteiger partial charge in [0.05, 0.1) is 16.7 Å². The van der Waals surface area contributed by atoms with E-state index in [0.717, 1.165) is 0 Å². The molecule has 36 heavy (non-hydrogen) atoms. The number of phenolic OH excluding ortho intramolecular Hbond substituents is 3. The van der Waals surface area contributed by atoms with Crippen LogP contribution in [0.4, 0.5) is 11.4 Å². The largest absolute Gasteiger partial charge is 0.506 e. The number of hydrogen-bond acceptors (Lipinski definition) is 7. The molecular formula is C25H20Cl4N2O5. The number of hydrogen-bond donors (Lipinski definition) is 3. The number of esters is 1. The lowest BCUT2D eigenvalue weighted by Crippen LogP contribution is -2.05. The summed E-state index contributed by atoms with van der Waals surface area (Å²) in [6.07, 6.45) is 2.95. The lowest BCUT2D eigenvalue weighted by atomic mass is 10.1. The summed E-state index contributed by atoms with van der Waals surface area (Å²) in [7, 11) is 0. The van der Waals surface area contributed by atoms with Gasteiger partial charge < -0.3 is 20.1 Å². The van der Waals surface area contributed by atoms with E-state index in [1.54, 1.807) is 19.1 Å². The fourth-order valence-corrected chi connectivity index (χ4v) is 4.15. The van der Waals surface area contributed by atoms with Gasteiger partial charge in [-0.05, 0) is 55.3 Å². The van der Waals surface area contributed by atoms with Crippen LogP contribution < -0.4 is 0 Å². The van der Waals surface area contributed by atoms with Crippen molar-refractivity contribution in [2.75, 3.05) is 6.61 Å². The molecule has 0 spiro atoms. The molecule has 0 radical (unpaired) electrons. The van der Waals surface area contributed by atoms with Crippen LogP contribution in [0.5, 0.6) is 17.2 Å². The van der Waals surface area contributed by atoms with Gasteiger partial charge in [-0.25, -0.2) is 0 Å². The van der Waals surface area contributed by atoms with E-state index in [2.05, 4.69) is 9.98 Å². The highest BCUT2D eigenvalue weighted by molar-refractivity contribution is 6.36. The minimum absolute atomic E-state index is 0.0432. The number of aromatic hydroxyl groups is 3. The fourth-order valence-electron chi connectivity index (χ4n) is 3.13. The van der Waals surface area contributed by atoms with Gasteiger partial charge in [0.25, 0.3) is 0 Å². The average molecular weight is 570 g/mol. The minimum Gasteiger partial charge on any atom is -0.506 e. The highest BCUT2D eigenvalue weighted by Crippen LogP contribution is 2.39. The molecule has 0 bridgehead atoms. The fraction of sp³-hybridized carbons (Fsp3) is 0.160. The highest BCUT2D eigenvalue weighted by atomic mass is 35.5. The highest BCUT2D eigenvalue weighted by Gasteiger charge is 2.13. The maximum atomic E-state index is 11.8. The molecule has 3 aromatic rings. The van der Waals surface area contributed by atoms with E-state index in [9.17, 15) is 20.1 Å². The second-order valence-electron chi connectivity index (χ2n) is 7.45. The number of nitrogens with zero attached hydrogens (tertiary/aromatic N) is 2. The third kappa shape index (κ3) is 7.04. The lowest BCUT2D eigenvalue weighted by molar-refractivity contribution is -0.143. The predicted octanol–water partition coefficient (Wildman–Crippen LogP) is 7.41. The molecule has 3 aromatic carbocycles. The molecule has 11 heteroatoms. The number of aryl methyl sites for hydroxylation is 1. The first-order valence-corrected chi connectivity index (χ1v) is 12.1. The molecule has 0 amide bonds. The van der Waals surface area contributed by atoms with Crippen molar-refractivity contribution in [1.82, 2.24) is 0 Å². The summed E-state index contributed by atoms with van der Waals surface area (Å²) in [5.74, 6) is -1.12. The average Bonchev–Trinajstić information content (AvgIpc) is 2.82. The SMILES string of the molecule is CCOC(=O)CCc1cc(/N=C/c2cc(Cl)cc(Cl)c2O)c(O)c(/N=C/c2cc(Cl)cc(Cl)c2O)c1. The van der Waals surface area contributed by atoms with E-state index in [1.807, 2.05) is 0 Å². The Morgan fingerprint density at radius 3 is 1.72 bits per heavy atom. The zero-order valence-electron chi connectivity index (χ0n) is 18.8. The Balaban J connectivity index is 2.03. The molecule has 3 N–H and O–H groups in total. The Kier molecular flexibility index (Phi) is 9.45. The van der Waals surface area contributed by atoms with Crippen LogP contribution in [0.3, 0.4) is 0 Å². The predicted molar refractivity (Wildman–Crippen MR) is 144 cm³/mol. The number of aliphatic imine (C=N–C) groups is 2. The molecule has 0 aliphatic heterocycles. The van der Waals surface area contributed by atoms with E-state index >= 15 is 0 Å². The van der Waals surface area contributed by atoms with Crippen LogP contribution in [0, 0.1) is 0 Å². The third-order valence-electron chi connectivity index (χ3n) is 4.85. The summed E-state index contributed by atoms with van der Waals surface area (Å²) in [5.41, 5.74) is 1.29. The van der Waals surface area contributed by atoms with Gasteiger partial charge in [-0.1, -0.05) is 46.4 Å². The smallest absolute Gasteiger partial charge is 0.306 e. The van der Waals surface area contributed by atoms with Crippen molar-refractivity contribution < 1.29 is 24.9 Å². The molecular weight excluding hydrogens is 550 g/mol. The first kappa shape index (κ1) is 27.6. The molecule has 7 nitrogen and oxygen atoms in total. The second-order valence-corrected chi connectivity index (χ2v) is 9.14. The van der Waals surface area contributed by atoms with E-state index < -0.39 is 0 Å². The molecule has 0 aliphatic rings. The maximum absolute atomic E-state index is 11.8. The van der Waals surface area contributed by atoms with Crippen LogP contribution in [-0.2, 0) is 16.0 Å². The summed E-state index contributed by atoms with van der Waals surface area (Å²) in [5, 5.41) is 31.9. The Bertz CT molecular complexity index is 1270. The Morgan fingerprint density at radius 2 is 1.28 bits per heavy atom. The zero-order chi connectivity index (χ0) is 26.4. The molecule has 3 rings (SSSR count). The maximum Gasteiger partial charge on any atom is 0.306 e. The molecule has 0 aliphatic carbocycles. The Labute approximate surface area is 227 Å². The van der Waals surface area contributed by atoms with Crippen LogP contribution in [0.1, 0.15) is 30.0 Å². The number of benzene rings is 3. The molecule has 0 unspecified atom stereocenters. The van der Waals surface area contributed by atoms with Crippen molar-refractivity contribution >= 4 is 76.2 Å². The van der Waals surface area contributed by atoms with Crippen molar-refractivity contribution in [2.24, 2.45) is 9.98 Å². The van der Waals surface area contributed by atoms with Crippen molar-refractivity contribution in [2.45, 2.75) is 19.8 Å². The van der Waals surface area contributed by atoms with Gasteiger partial charge in [-0.3, -0.25) is 14.8 Å². The van der Waals surface area contributed by atoms with Crippen LogP contribution in [-0.4, -0.2) is 40.3 Å². The van der Waals surface area contributed by atoms with Crippen molar-refractivity contribution in [3.8, 4) is 17.2 Å². The number of phenols is 3. The molecule has 0 atom stereocenters. The van der Waals surface area contributed by atoms with Gasteiger partial charge in [-0.15, -0.1) is 0 Å². The normalized spacial score (nSPS) is 11.5. The summed E-state index contributed by atoms with van der Waals surface area (Å²) in [6, 6.07) is 8.82. The van der Waals surface area contributed by atoms with Gasteiger partial charge in [0.2, 0.25) is 0 Å². The van der Waals surface area contributed by atoms with Crippen LogP contribution in [0.2, 0.25) is 20.1 Å². The number of ether oxygens (including phenoxy) is 1. The van der Waals surface area contributed by atoms with Gasteiger partial charge in [0.15, 0.2) is 5.75 Å². The van der Waals surface area contributed by atoms with Crippen molar-refractivity contribution in [3.05, 3.63) is 73.2 Å². The van der Waals surface area contributed by atoms with Crippen LogP contribution >= 0.6 is 46.4 Å². The Morgan fingerprint density at radius 1 is 0.806 bits per heavy atom. The van der Waals surface area contributed by atoms with E-state index in [0.29, 0.717) is 5.56 Å². The topological polar surface area (TPSA) is 112 Å². The molecule has 0 aromatic heterocycles. The summed E-state index contributed by atoms with van der Waals surface area (Å²) in [4.78, 5) is 20.4. The third-order valence-corrected chi connectivity index (χ3v) is 5.87. The number of rotatable bonds is 8. The van der Waals surface area contributed by atoms with Crippen LogP contribution in [0.15, 0.2) is 46.4 Å². The quantitative estimate of drug-likeness (QED) is 0.193. The van der Waals surface area contributed by atoms with Gasteiger partial charge in [-0.2, -0.15) is 0 Å². The summed E-state index contributed by atoms with van der Waals surface area (Å²) < 4.78 is 4.98. The van der Waals surface area contributed by atoms with Crippen LogP contribution in [0.25, 0.3) is 0 Å². The van der Waals surface area contributed by atoms with E-state index in [4.69, 9.17) is 51.1 Å². The molecule has 188 valence electrons. The second kappa shape index (κ2) is 12.3. The monoisotopic (exact) mass is 568 g/mol. The number of halogens is 4. The number of carbonyl (C=O) groups excluding carboxylic acids is 1. The number of carbonyl (C=O) groups is 1. The van der Waals surface area contributed by atoms with Gasteiger partial charge in [0, 0.05) is 40.0 Å². The molecule has 0 saturated carbocycles. The standard InChI is InChI=1S/C25H20Cl4N2O5/c1-2-36-22(32)4-3-13-5-20(30-11-14-7-16(26)9-18(28)23(14)33)25(35)21(6-13)31-12-15-8-17(27)10-19(29)24(15)34/h5-12,33-35H,2-4H2,1H3/b30-11+,31-12+. The summed E-state index contributed by atoms with van der Waals surface area (Å²) in [6.45, 7) is 1.98. The lowest BCUT2D eigenvalue weighted by Gasteiger charge is -2.09. The van der Waals surface area contributed by atoms with E-state index in [1.165, 1.54) is 36.7 Å². The summed E-state index contributed by atoms with van der Waals surface area (Å²) >= 11 is 23.9. The van der Waals surface area contributed by atoms with Crippen molar-refractivity contribution in [1.29, 1.82) is 0 Å². The minimum atomic E-state index is -0.377. The first-order valence-electron chi connectivity index (χ1n) is 10.5. The van der Waals surface area contributed by atoms with E-state index in [-0.39, 0.29) is 85.3 Å². The van der Waals surface area contributed by atoms with Crippen molar-refractivity contribution in [3.63, 3.8) is 0 Å². The molecule has 0 saturated heterocycles. The van der Waals surface area contributed by atoms with Gasteiger partial charge >= 0.3 is 5.97 Å². The Hall–Kier alpha value is -2.97. The molecule has 0 heterocycles. The zero-order valence-corrected chi connectivity index (χ0v) is 21.8. The molecule has 0 fully saturated rings. The first-order chi connectivity index (χ1) is 17.1. The van der Waals surface area contributed by atoms with Gasteiger partial charge in [0.1, 0.15) is 22.9 Å².